The van der Waals surface area contributed by atoms with Crippen molar-refractivity contribution in [2.24, 2.45) is 10.9 Å². The Labute approximate surface area is 119 Å². The number of rotatable bonds is 8. The fraction of sp³-hybridized carbons (Fsp3) is 0.533. The third-order valence-electron chi connectivity index (χ3n) is 3.13. The number of oxime groups is 1. The van der Waals surface area contributed by atoms with Crippen molar-refractivity contribution < 1.29 is 14.3 Å². The van der Waals surface area contributed by atoms with E-state index in [1.807, 2.05) is 6.92 Å². The number of halogens is 1. The largest absolute Gasteiger partial charge is 0.490 e. The zero-order valence-electron chi connectivity index (χ0n) is 12.1. The number of hydrogen-bond donors (Lipinski definition) is 2. The van der Waals surface area contributed by atoms with Crippen LogP contribution >= 0.6 is 0 Å². The maximum absolute atomic E-state index is 13.7. The van der Waals surface area contributed by atoms with E-state index in [9.17, 15) is 4.39 Å². The van der Waals surface area contributed by atoms with Gasteiger partial charge in [0.15, 0.2) is 5.84 Å². The number of unbranched alkanes of at least 4 members (excludes halogenated alkanes) is 3. The van der Waals surface area contributed by atoms with Gasteiger partial charge in [0, 0.05) is 0 Å². The topological polar surface area (TPSA) is 67.8 Å². The second kappa shape index (κ2) is 8.40. The first kappa shape index (κ1) is 16.3. The average molecular weight is 282 g/mol. The van der Waals surface area contributed by atoms with Crippen LogP contribution in [-0.4, -0.2) is 17.1 Å². The first-order valence-electron chi connectivity index (χ1n) is 7.03. The highest BCUT2D eigenvalue weighted by atomic mass is 19.1. The second-order valence-electron chi connectivity index (χ2n) is 4.88. The van der Waals surface area contributed by atoms with Crippen molar-refractivity contribution in [3.8, 4) is 5.75 Å². The molecular formula is C15H23FN2O2. The number of benzene rings is 1. The van der Waals surface area contributed by atoms with E-state index in [4.69, 9.17) is 15.7 Å². The van der Waals surface area contributed by atoms with Gasteiger partial charge in [-0.25, -0.2) is 4.39 Å². The highest BCUT2D eigenvalue weighted by Gasteiger charge is 2.16. The molecule has 0 spiro atoms. The van der Waals surface area contributed by atoms with Crippen LogP contribution in [0.2, 0.25) is 0 Å². The maximum Gasteiger partial charge on any atom is 0.176 e. The summed E-state index contributed by atoms with van der Waals surface area (Å²) in [4.78, 5) is 0. The van der Waals surface area contributed by atoms with Gasteiger partial charge in [0.05, 0.1) is 11.7 Å². The molecule has 0 aliphatic carbocycles. The summed E-state index contributed by atoms with van der Waals surface area (Å²) in [6.45, 7) is 4.10. The molecule has 1 aromatic carbocycles. The van der Waals surface area contributed by atoms with Gasteiger partial charge in [-0.15, -0.1) is 0 Å². The van der Waals surface area contributed by atoms with Crippen LogP contribution in [0.5, 0.6) is 5.75 Å². The molecule has 0 saturated carbocycles. The molecular weight excluding hydrogens is 259 g/mol. The average Bonchev–Trinajstić information content (AvgIpc) is 2.43. The minimum atomic E-state index is -0.559. The highest BCUT2D eigenvalue weighted by Crippen LogP contribution is 2.23. The van der Waals surface area contributed by atoms with Crippen molar-refractivity contribution in [2.45, 2.75) is 52.1 Å². The second-order valence-corrected chi connectivity index (χ2v) is 4.88. The summed E-state index contributed by atoms with van der Waals surface area (Å²) in [6.07, 6.45) is 5.49. The molecule has 1 aromatic rings. The molecule has 1 unspecified atom stereocenters. The zero-order chi connectivity index (χ0) is 15.0. The molecule has 0 heterocycles. The van der Waals surface area contributed by atoms with Crippen molar-refractivity contribution >= 4 is 5.84 Å². The summed E-state index contributed by atoms with van der Waals surface area (Å²) in [7, 11) is 0. The van der Waals surface area contributed by atoms with E-state index in [0.29, 0.717) is 5.75 Å². The van der Waals surface area contributed by atoms with Crippen LogP contribution in [0.4, 0.5) is 4.39 Å². The summed E-state index contributed by atoms with van der Waals surface area (Å²) >= 11 is 0. The van der Waals surface area contributed by atoms with E-state index in [1.165, 1.54) is 25.3 Å². The molecule has 1 rings (SSSR count). The predicted molar refractivity (Wildman–Crippen MR) is 77.8 cm³/mol. The summed E-state index contributed by atoms with van der Waals surface area (Å²) in [6, 6.07) is 4.42. The smallest absolute Gasteiger partial charge is 0.176 e. The molecule has 0 saturated heterocycles. The number of nitrogens with two attached hydrogens (primary N) is 1. The summed E-state index contributed by atoms with van der Waals surface area (Å²) in [5, 5.41) is 11.6. The van der Waals surface area contributed by atoms with E-state index >= 15 is 0 Å². The van der Waals surface area contributed by atoms with Crippen LogP contribution in [0, 0.1) is 5.82 Å². The molecule has 0 fully saturated rings. The van der Waals surface area contributed by atoms with Gasteiger partial charge in [-0.3, -0.25) is 0 Å². The molecule has 1 atom stereocenters. The fourth-order valence-electron chi connectivity index (χ4n) is 2.04. The minimum Gasteiger partial charge on any atom is -0.490 e. The normalized spacial score (nSPS) is 13.2. The predicted octanol–water partition coefficient (Wildman–Crippen LogP) is 3.66. The van der Waals surface area contributed by atoms with Crippen molar-refractivity contribution in [3.63, 3.8) is 0 Å². The first-order valence-corrected chi connectivity index (χ1v) is 7.03. The van der Waals surface area contributed by atoms with Gasteiger partial charge in [-0.05, 0) is 31.9 Å². The number of nitrogens with zero attached hydrogens (tertiary/aromatic N) is 1. The van der Waals surface area contributed by atoms with Gasteiger partial charge >= 0.3 is 0 Å². The first-order chi connectivity index (χ1) is 9.60. The van der Waals surface area contributed by atoms with Crippen LogP contribution in [0.3, 0.4) is 0 Å². The van der Waals surface area contributed by atoms with Gasteiger partial charge in [-0.1, -0.05) is 37.4 Å². The van der Waals surface area contributed by atoms with E-state index in [2.05, 4.69) is 12.1 Å². The Kier molecular flexibility index (Phi) is 6.84. The molecule has 0 aliphatic heterocycles. The number of ether oxygens (including phenoxy) is 1. The van der Waals surface area contributed by atoms with Gasteiger partial charge < -0.3 is 15.7 Å². The lowest BCUT2D eigenvalue weighted by Gasteiger charge is -2.17. The van der Waals surface area contributed by atoms with Crippen molar-refractivity contribution in [1.29, 1.82) is 0 Å². The minimum absolute atomic E-state index is 0.00964. The molecule has 0 radical (unpaired) electrons. The standard InChI is InChI=1S/C15H23FN2O2/c1-3-4-5-6-8-11(2)20-13-10-7-9-12(16)14(13)15(17)18-19/h7,9-11,19H,3-6,8H2,1-2H3,(H2,17,18). The maximum atomic E-state index is 13.7. The molecule has 0 aromatic heterocycles. The van der Waals surface area contributed by atoms with Crippen LogP contribution in [0.15, 0.2) is 23.4 Å². The molecule has 0 aliphatic rings. The summed E-state index contributed by atoms with van der Waals surface area (Å²) in [5.74, 6) is -0.532. The van der Waals surface area contributed by atoms with E-state index in [-0.39, 0.29) is 17.5 Å². The van der Waals surface area contributed by atoms with Gasteiger partial charge in [0.25, 0.3) is 0 Å². The number of hydrogen-bond acceptors (Lipinski definition) is 3. The SMILES string of the molecule is CCCCCCC(C)Oc1cccc(F)c1C(N)=NO. The van der Waals surface area contributed by atoms with Crippen molar-refractivity contribution in [3.05, 3.63) is 29.6 Å². The lowest BCUT2D eigenvalue weighted by atomic mass is 10.1. The zero-order valence-corrected chi connectivity index (χ0v) is 12.1. The molecule has 20 heavy (non-hydrogen) atoms. The summed E-state index contributed by atoms with van der Waals surface area (Å²) in [5.41, 5.74) is 5.50. The third kappa shape index (κ3) is 4.72. The van der Waals surface area contributed by atoms with Gasteiger partial charge in [0.2, 0.25) is 0 Å². The Morgan fingerprint density at radius 2 is 2.15 bits per heavy atom. The molecule has 0 amide bonds. The van der Waals surface area contributed by atoms with E-state index < -0.39 is 5.82 Å². The fourth-order valence-corrected chi connectivity index (χ4v) is 2.04. The Bertz CT molecular complexity index is 449. The monoisotopic (exact) mass is 282 g/mol. The number of amidine groups is 1. The molecule has 4 nitrogen and oxygen atoms in total. The Morgan fingerprint density at radius 3 is 2.80 bits per heavy atom. The van der Waals surface area contributed by atoms with E-state index in [1.54, 1.807) is 12.1 Å². The quantitative estimate of drug-likeness (QED) is 0.251. The lowest BCUT2D eigenvalue weighted by molar-refractivity contribution is 0.205. The van der Waals surface area contributed by atoms with Crippen molar-refractivity contribution in [1.82, 2.24) is 0 Å². The molecule has 3 N–H and O–H groups in total. The summed E-state index contributed by atoms with van der Waals surface area (Å²) < 4.78 is 19.5. The van der Waals surface area contributed by atoms with Gasteiger partial charge in [-0.2, -0.15) is 0 Å². The lowest BCUT2D eigenvalue weighted by Crippen LogP contribution is -2.19. The van der Waals surface area contributed by atoms with Crippen LogP contribution < -0.4 is 10.5 Å². The molecule has 0 bridgehead atoms. The van der Waals surface area contributed by atoms with Crippen LogP contribution in [-0.2, 0) is 0 Å². The van der Waals surface area contributed by atoms with E-state index in [0.717, 1.165) is 12.8 Å². The van der Waals surface area contributed by atoms with Crippen molar-refractivity contribution in [2.75, 3.05) is 0 Å². The third-order valence-corrected chi connectivity index (χ3v) is 3.13. The van der Waals surface area contributed by atoms with Crippen LogP contribution in [0.1, 0.15) is 51.5 Å². The molecule has 112 valence electrons. The Balaban J connectivity index is 2.70. The van der Waals surface area contributed by atoms with Gasteiger partial charge in [0.1, 0.15) is 11.6 Å². The highest BCUT2D eigenvalue weighted by molar-refractivity contribution is 5.99. The molecule has 5 heteroatoms. The van der Waals surface area contributed by atoms with Crippen LogP contribution in [0.25, 0.3) is 0 Å². The Morgan fingerprint density at radius 1 is 1.40 bits per heavy atom. The Hall–Kier alpha value is -1.78.